The Hall–Kier alpha value is -2.93. The topological polar surface area (TPSA) is 76.7 Å². The van der Waals surface area contributed by atoms with Crippen LogP contribution in [-0.4, -0.2) is 30.7 Å². The Morgan fingerprint density at radius 3 is 2.42 bits per heavy atom. The van der Waals surface area contributed by atoms with Crippen molar-refractivity contribution in [2.45, 2.75) is 13.3 Å². The minimum absolute atomic E-state index is 0.0812. The van der Waals surface area contributed by atoms with Gasteiger partial charge in [-0.05, 0) is 55.0 Å². The molecule has 0 saturated carbocycles. The Labute approximate surface area is 157 Å². The molecule has 2 N–H and O–H groups in total. The molecule has 1 amide bonds. The molecule has 7 heteroatoms. The number of anilines is 1. The zero-order chi connectivity index (χ0) is 18.9. The van der Waals surface area contributed by atoms with Crippen molar-refractivity contribution in [3.05, 3.63) is 59.7 Å². The maximum atomic E-state index is 12.3. The van der Waals surface area contributed by atoms with Crippen LogP contribution in [0.3, 0.4) is 0 Å². The van der Waals surface area contributed by atoms with Gasteiger partial charge in [0.25, 0.3) is 5.91 Å². The largest absolute Gasteiger partial charge is 0.494 e. The first-order valence-electron chi connectivity index (χ1n) is 8.07. The van der Waals surface area contributed by atoms with Crippen LogP contribution in [0.25, 0.3) is 0 Å². The van der Waals surface area contributed by atoms with Crippen LogP contribution in [0.15, 0.2) is 48.5 Å². The summed E-state index contributed by atoms with van der Waals surface area (Å²) in [6.07, 6.45) is 0.912. The van der Waals surface area contributed by atoms with Crippen molar-refractivity contribution in [3.63, 3.8) is 0 Å². The van der Waals surface area contributed by atoms with Gasteiger partial charge in [-0.15, -0.1) is 0 Å². The number of esters is 1. The summed E-state index contributed by atoms with van der Waals surface area (Å²) in [5.41, 5.74) is 1.22. The summed E-state index contributed by atoms with van der Waals surface area (Å²) in [4.78, 5) is 24.0. The highest BCUT2D eigenvalue weighted by molar-refractivity contribution is 7.80. The number of benzene rings is 2. The lowest BCUT2D eigenvalue weighted by Crippen LogP contribution is -2.34. The fourth-order valence-corrected chi connectivity index (χ4v) is 2.33. The highest BCUT2D eigenvalue weighted by atomic mass is 32.1. The molecule has 0 aliphatic rings. The van der Waals surface area contributed by atoms with E-state index in [2.05, 4.69) is 10.6 Å². The van der Waals surface area contributed by atoms with Crippen molar-refractivity contribution in [3.8, 4) is 5.75 Å². The molecule has 2 rings (SSSR count). The van der Waals surface area contributed by atoms with E-state index in [4.69, 9.17) is 21.7 Å². The van der Waals surface area contributed by atoms with Gasteiger partial charge in [-0.3, -0.25) is 10.1 Å². The molecule has 0 bridgehead atoms. The molecule has 2 aromatic rings. The maximum Gasteiger partial charge on any atom is 0.339 e. The second-order valence-electron chi connectivity index (χ2n) is 5.32. The van der Waals surface area contributed by atoms with Crippen molar-refractivity contribution in [2.75, 3.05) is 19.0 Å². The van der Waals surface area contributed by atoms with Gasteiger partial charge >= 0.3 is 5.97 Å². The van der Waals surface area contributed by atoms with E-state index >= 15 is 0 Å². The Morgan fingerprint density at radius 2 is 1.77 bits per heavy atom. The van der Waals surface area contributed by atoms with Crippen LogP contribution in [0.5, 0.6) is 5.75 Å². The second-order valence-corrected chi connectivity index (χ2v) is 5.73. The Bertz CT molecular complexity index is 790. The summed E-state index contributed by atoms with van der Waals surface area (Å²) in [7, 11) is 1.30. The Morgan fingerprint density at radius 1 is 1.08 bits per heavy atom. The van der Waals surface area contributed by atoms with E-state index in [9.17, 15) is 9.59 Å². The predicted octanol–water partition coefficient (Wildman–Crippen LogP) is 3.39. The van der Waals surface area contributed by atoms with E-state index in [-0.39, 0.29) is 11.0 Å². The van der Waals surface area contributed by atoms with Gasteiger partial charge in [-0.1, -0.05) is 19.1 Å². The maximum absolute atomic E-state index is 12.3. The number of carbonyl (C=O) groups is 2. The van der Waals surface area contributed by atoms with Gasteiger partial charge in [0, 0.05) is 5.56 Å². The molecule has 0 saturated heterocycles. The number of thiocarbonyl (C=S) groups is 1. The number of amides is 1. The van der Waals surface area contributed by atoms with Crippen LogP contribution in [0.4, 0.5) is 5.69 Å². The minimum Gasteiger partial charge on any atom is -0.494 e. The van der Waals surface area contributed by atoms with Crippen LogP contribution >= 0.6 is 12.2 Å². The fraction of sp³-hybridized carbons (Fsp3) is 0.211. The monoisotopic (exact) mass is 372 g/mol. The zero-order valence-electron chi connectivity index (χ0n) is 14.6. The first-order chi connectivity index (χ1) is 12.5. The molecule has 0 aromatic heterocycles. The van der Waals surface area contributed by atoms with Crippen LogP contribution in [-0.2, 0) is 4.74 Å². The molecule has 0 radical (unpaired) electrons. The average molecular weight is 372 g/mol. The summed E-state index contributed by atoms with van der Waals surface area (Å²) in [6.45, 7) is 2.65. The highest BCUT2D eigenvalue weighted by Crippen LogP contribution is 2.16. The molecule has 6 nitrogen and oxygen atoms in total. The van der Waals surface area contributed by atoms with E-state index in [0.717, 1.165) is 6.42 Å². The lowest BCUT2D eigenvalue weighted by Gasteiger charge is -2.12. The third-order valence-electron chi connectivity index (χ3n) is 3.40. The Balaban J connectivity index is 1.99. The number of para-hydroxylation sites is 1. The van der Waals surface area contributed by atoms with Crippen molar-refractivity contribution >= 4 is 34.9 Å². The lowest BCUT2D eigenvalue weighted by molar-refractivity contribution is 0.0602. The summed E-state index contributed by atoms with van der Waals surface area (Å²) in [5, 5.41) is 5.50. The van der Waals surface area contributed by atoms with E-state index in [1.54, 1.807) is 48.5 Å². The van der Waals surface area contributed by atoms with Gasteiger partial charge in [0.2, 0.25) is 0 Å². The van der Waals surface area contributed by atoms with E-state index in [0.29, 0.717) is 29.2 Å². The van der Waals surface area contributed by atoms with Crippen LogP contribution in [0, 0.1) is 0 Å². The summed E-state index contributed by atoms with van der Waals surface area (Å²) in [6, 6.07) is 13.5. The first-order valence-corrected chi connectivity index (χ1v) is 8.48. The van der Waals surface area contributed by atoms with Gasteiger partial charge in [0.15, 0.2) is 5.11 Å². The molecule has 0 unspecified atom stereocenters. The van der Waals surface area contributed by atoms with Crippen molar-refractivity contribution < 1.29 is 19.1 Å². The number of rotatable bonds is 6. The number of methoxy groups -OCH3 is 1. The molecular weight excluding hydrogens is 352 g/mol. The molecule has 0 atom stereocenters. The highest BCUT2D eigenvalue weighted by Gasteiger charge is 2.13. The van der Waals surface area contributed by atoms with Crippen molar-refractivity contribution in [1.29, 1.82) is 0 Å². The first kappa shape index (κ1) is 19.4. The molecule has 0 spiro atoms. The normalized spacial score (nSPS) is 9.92. The molecule has 0 aliphatic carbocycles. The SMILES string of the molecule is CCCOc1ccc(C(=O)NC(=S)Nc2ccccc2C(=O)OC)cc1. The number of ether oxygens (including phenoxy) is 2. The van der Waals surface area contributed by atoms with Gasteiger partial charge in [-0.25, -0.2) is 4.79 Å². The molecule has 0 aliphatic heterocycles. The minimum atomic E-state index is -0.495. The smallest absolute Gasteiger partial charge is 0.339 e. The molecule has 136 valence electrons. The third-order valence-corrected chi connectivity index (χ3v) is 3.60. The number of nitrogens with one attached hydrogen (secondary N) is 2. The van der Waals surface area contributed by atoms with E-state index in [1.165, 1.54) is 7.11 Å². The van der Waals surface area contributed by atoms with E-state index < -0.39 is 5.97 Å². The van der Waals surface area contributed by atoms with Gasteiger partial charge < -0.3 is 14.8 Å². The molecule has 2 aromatic carbocycles. The van der Waals surface area contributed by atoms with Crippen molar-refractivity contribution in [1.82, 2.24) is 5.32 Å². The fourth-order valence-electron chi connectivity index (χ4n) is 2.13. The number of carbonyl (C=O) groups excluding carboxylic acids is 2. The van der Waals surface area contributed by atoms with Gasteiger partial charge in [0.1, 0.15) is 5.75 Å². The molecule has 26 heavy (non-hydrogen) atoms. The lowest BCUT2D eigenvalue weighted by atomic mass is 10.2. The Kier molecular flexibility index (Phi) is 7.11. The second kappa shape index (κ2) is 9.53. The molecular formula is C19H20N2O4S. The van der Waals surface area contributed by atoms with E-state index in [1.807, 2.05) is 6.92 Å². The number of hydrogen-bond donors (Lipinski definition) is 2. The molecule has 0 fully saturated rings. The quantitative estimate of drug-likeness (QED) is 0.598. The van der Waals surface area contributed by atoms with Crippen LogP contribution in [0.1, 0.15) is 34.1 Å². The van der Waals surface area contributed by atoms with Gasteiger partial charge in [0.05, 0.1) is 25.0 Å². The number of hydrogen-bond acceptors (Lipinski definition) is 5. The summed E-state index contributed by atoms with van der Waals surface area (Å²) < 4.78 is 10.2. The predicted molar refractivity (Wildman–Crippen MR) is 104 cm³/mol. The summed E-state index contributed by atoms with van der Waals surface area (Å²) in [5.74, 6) is -0.152. The van der Waals surface area contributed by atoms with Crippen LogP contribution in [0.2, 0.25) is 0 Å². The zero-order valence-corrected chi connectivity index (χ0v) is 15.4. The van der Waals surface area contributed by atoms with Crippen LogP contribution < -0.4 is 15.4 Å². The van der Waals surface area contributed by atoms with Gasteiger partial charge in [-0.2, -0.15) is 0 Å². The standard InChI is InChI=1S/C19H20N2O4S/c1-3-12-25-14-10-8-13(9-11-14)17(22)21-19(26)20-16-7-5-4-6-15(16)18(23)24-2/h4-11H,3,12H2,1-2H3,(H2,20,21,22,26). The molecule has 0 heterocycles. The summed E-state index contributed by atoms with van der Waals surface area (Å²) >= 11 is 5.16. The average Bonchev–Trinajstić information content (AvgIpc) is 2.66. The third kappa shape index (κ3) is 5.29. The van der Waals surface area contributed by atoms with Crippen molar-refractivity contribution in [2.24, 2.45) is 0 Å².